The molecule has 4 nitrogen and oxygen atoms in total. The number of halogens is 1. The molecule has 86 valence electrons. The molecular formula is C9H14ClNO3S. The van der Waals surface area contributed by atoms with Crippen LogP contribution in [0, 0.1) is 5.92 Å². The SMILES string of the molecule is O=C(NC/C=C/CCl)C1CCS(=O)(=O)C1. The average molecular weight is 252 g/mol. The molecule has 1 N–H and O–H groups in total. The van der Waals surface area contributed by atoms with E-state index in [2.05, 4.69) is 5.32 Å². The molecule has 1 fully saturated rings. The normalized spacial score (nSPS) is 24.5. The van der Waals surface area contributed by atoms with Crippen molar-refractivity contribution >= 4 is 27.3 Å². The van der Waals surface area contributed by atoms with Crippen molar-refractivity contribution in [2.75, 3.05) is 23.9 Å². The number of carbonyl (C=O) groups excluding carboxylic acids is 1. The van der Waals surface area contributed by atoms with Gasteiger partial charge in [-0.1, -0.05) is 12.2 Å². The highest BCUT2D eigenvalue weighted by molar-refractivity contribution is 7.91. The lowest BCUT2D eigenvalue weighted by molar-refractivity contribution is -0.124. The van der Waals surface area contributed by atoms with Crippen molar-refractivity contribution in [3.8, 4) is 0 Å². The molecule has 1 heterocycles. The van der Waals surface area contributed by atoms with Gasteiger partial charge in [0, 0.05) is 12.4 Å². The summed E-state index contributed by atoms with van der Waals surface area (Å²) in [5.74, 6) is -0.0383. The zero-order chi connectivity index (χ0) is 11.3. The molecule has 0 aromatic carbocycles. The first-order valence-electron chi connectivity index (χ1n) is 4.74. The molecule has 1 atom stereocenters. The summed E-state index contributed by atoms with van der Waals surface area (Å²) in [6.45, 7) is 0.405. The minimum atomic E-state index is -2.98. The second-order valence-corrected chi connectivity index (χ2v) is 6.01. The van der Waals surface area contributed by atoms with E-state index in [9.17, 15) is 13.2 Å². The maximum Gasteiger partial charge on any atom is 0.224 e. The third-order valence-electron chi connectivity index (χ3n) is 2.25. The Morgan fingerprint density at radius 2 is 2.20 bits per heavy atom. The Kier molecular flexibility index (Phi) is 4.60. The van der Waals surface area contributed by atoms with Crippen LogP contribution in [0.15, 0.2) is 12.2 Å². The topological polar surface area (TPSA) is 63.2 Å². The zero-order valence-corrected chi connectivity index (χ0v) is 9.85. The van der Waals surface area contributed by atoms with E-state index in [1.165, 1.54) is 0 Å². The molecule has 1 amide bonds. The number of nitrogens with one attached hydrogen (secondary N) is 1. The lowest BCUT2D eigenvalue weighted by Crippen LogP contribution is -2.31. The number of sulfone groups is 1. The second-order valence-electron chi connectivity index (χ2n) is 3.47. The number of hydrogen-bond donors (Lipinski definition) is 1. The fourth-order valence-electron chi connectivity index (χ4n) is 1.45. The number of alkyl halides is 1. The molecule has 6 heteroatoms. The Labute approximate surface area is 94.6 Å². The highest BCUT2D eigenvalue weighted by Crippen LogP contribution is 2.18. The third kappa shape index (κ3) is 4.22. The van der Waals surface area contributed by atoms with Crippen molar-refractivity contribution in [3.63, 3.8) is 0 Å². The average Bonchev–Trinajstić information content (AvgIpc) is 2.53. The van der Waals surface area contributed by atoms with E-state index in [0.717, 1.165) is 0 Å². The Bertz CT molecular complexity index is 350. The van der Waals surface area contributed by atoms with Crippen LogP contribution in [0.3, 0.4) is 0 Å². The number of carbonyl (C=O) groups is 1. The van der Waals surface area contributed by atoms with Crippen molar-refractivity contribution in [1.82, 2.24) is 5.32 Å². The predicted octanol–water partition coefficient (Wildman–Crippen LogP) is 0.332. The summed E-state index contributed by atoms with van der Waals surface area (Å²) in [5.41, 5.74) is 0. The Balaban J connectivity index is 2.33. The molecule has 0 aromatic heterocycles. The number of allylic oxidation sites excluding steroid dienone is 1. The summed E-state index contributed by atoms with van der Waals surface area (Å²) in [5, 5.41) is 2.65. The van der Waals surface area contributed by atoms with Crippen LogP contribution in [0.4, 0.5) is 0 Å². The van der Waals surface area contributed by atoms with E-state index in [1.54, 1.807) is 12.2 Å². The molecule has 0 radical (unpaired) electrons. The zero-order valence-electron chi connectivity index (χ0n) is 8.28. The first kappa shape index (κ1) is 12.5. The fourth-order valence-corrected chi connectivity index (χ4v) is 3.32. The van der Waals surface area contributed by atoms with Gasteiger partial charge in [-0.2, -0.15) is 0 Å². The van der Waals surface area contributed by atoms with Gasteiger partial charge in [-0.15, -0.1) is 11.6 Å². The predicted molar refractivity (Wildman–Crippen MR) is 59.6 cm³/mol. The van der Waals surface area contributed by atoms with E-state index >= 15 is 0 Å². The summed E-state index contributed by atoms with van der Waals surface area (Å²) in [4.78, 5) is 11.5. The van der Waals surface area contributed by atoms with Crippen LogP contribution < -0.4 is 5.32 Å². The van der Waals surface area contributed by atoms with Gasteiger partial charge in [0.25, 0.3) is 0 Å². The standard InChI is InChI=1S/C9H14ClNO3S/c10-4-1-2-5-11-9(12)8-3-6-15(13,14)7-8/h1-2,8H,3-7H2,(H,11,12)/b2-1+. The maximum atomic E-state index is 11.5. The fraction of sp³-hybridized carbons (Fsp3) is 0.667. The lowest BCUT2D eigenvalue weighted by atomic mass is 10.1. The Hall–Kier alpha value is -0.550. The second kappa shape index (κ2) is 5.51. The highest BCUT2D eigenvalue weighted by atomic mass is 35.5. The largest absolute Gasteiger partial charge is 0.352 e. The van der Waals surface area contributed by atoms with Crippen LogP contribution in [-0.2, 0) is 14.6 Å². The van der Waals surface area contributed by atoms with Gasteiger partial charge in [0.05, 0.1) is 17.4 Å². The van der Waals surface area contributed by atoms with Crippen molar-refractivity contribution in [1.29, 1.82) is 0 Å². The van der Waals surface area contributed by atoms with Gasteiger partial charge in [-0.3, -0.25) is 4.79 Å². The highest BCUT2D eigenvalue weighted by Gasteiger charge is 2.32. The Morgan fingerprint density at radius 3 is 2.73 bits per heavy atom. The van der Waals surface area contributed by atoms with Crippen LogP contribution in [0.25, 0.3) is 0 Å². The van der Waals surface area contributed by atoms with Crippen molar-refractivity contribution in [3.05, 3.63) is 12.2 Å². The Morgan fingerprint density at radius 1 is 1.47 bits per heavy atom. The van der Waals surface area contributed by atoms with Gasteiger partial charge in [0.15, 0.2) is 9.84 Å². The van der Waals surface area contributed by atoms with E-state index in [4.69, 9.17) is 11.6 Å². The molecule has 1 saturated heterocycles. The molecular weight excluding hydrogens is 238 g/mol. The minimum absolute atomic E-state index is 0.0158. The van der Waals surface area contributed by atoms with Crippen LogP contribution in [0.1, 0.15) is 6.42 Å². The first-order valence-corrected chi connectivity index (χ1v) is 7.10. The number of rotatable bonds is 4. The van der Waals surface area contributed by atoms with Crippen LogP contribution >= 0.6 is 11.6 Å². The van der Waals surface area contributed by atoms with E-state index in [-0.39, 0.29) is 23.3 Å². The molecule has 0 bridgehead atoms. The summed E-state index contributed by atoms with van der Waals surface area (Å²) in [7, 11) is -2.98. The third-order valence-corrected chi connectivity index (χ3v) is 4.20. The summed E-state index contributed by atoms with van der Waals surface area (Å²) in [6, 6.07) is 0. The van der Waals surface area contributed by atoms with Gasteiger partial charge < -0.3 is 5.32 Å². The molecule has 15 heavy (non-hydrogen) atoms. The molecule has 1 rings (SSSR count). The van der Waals surface area contributed by atoms with Crippen molar-refractivity contribution in [2.45, 2.75) is 6.42 Å². The molecule has 1 aliphatic heterocycles. The number of hydrogen-bond acceptors (Lipinski definition) is 3. The molecule has 1 unspecified atom stereocenters. The van der Waals surface area contributed by atoms with Crippen LogP contribution in [-0.4, -0.2) is 38.3 Å². The molecule has 0 spiro atoms. The van der Waals surface area contributed by atoms with E-state index < -0.39 is 9.84 Å². The lowest BCUT2D eigenvalue weighted by Gasteiger charge is -2.06. The molecule has 0 saturated carbocycles. The van der Waals surface area contributed by atoms with Gasteiger partial charge in [-0.25, -0.2) is 8.42 Å². The number of amides is 1. The quantitative estimate of drug-likeness (QED) is 0.579. The molecule has 1 aliphatic rings. The van der Waals surface area contributed by atoms with Crippen molar-refractivity contribution < 1.29 is 13.2 Å². The molecule has 0 aliphatic carbocycles. The van der Waals surface area contributed by atoms with Gasteiger partial charge >= 0.3 is 0 Å². The summed E-state index contributed by atoms with van der Waals surface area (Å²) in [6.07, 6.45) is 3.91. The summed E-state index contributed by atoms with van der Waals surface area (Å²) < 4.78 is 22.2. The van der Waals surface area contributed by atoms with Crippen LogP contribution in [0.5, 0.6) is 0 Å². The van der Waals surface area contributed by atoms with Gasteiger partial charge in [0.1, 0.15) is 0 Å². The van der Waals surface area contributed by atoms with Crippen molar-refractivity contribution in [2.24, 2.45) is 5.92 Å². The minimum Gasteiger partial charge on any atom is -0.352 e. The molecule has 0 aromatic rings. The maximum absolute atomic E-state index is 11.5. The first-order chi connectivity index (χ1) is 7.05. The smallest absolute Gasteiger partial charge is 0.224 e. The summed E-state index contributed by atoms with van der Waals surface area (Å²) >= 11 is 5.40. The van der Waals surface area contributed by atoms with Crippen LogP contribution in [0.2, 0.25) is 0 Å². The van der Waals surface area contributed by atoms with Gasteiger partial charge in [0.2, 0.25) is 5.91 Å². The van der Waals surface area contributed by atoms with Gasteiger partial charge in [-0.05, 0) is 6.42 Å². The monoisotopic (exact) mass is 251 g/mol. The van der Waals surface area contributed by atoms with E-state index in [1.807, 2.05) is 0 Å². The van der Waals surface area contributed by atoms with E-state index in [0.29, 0.717) is 18.8 Å².